The fourth-order valence-corrected chi connectivity index (χ4v) is 3.31. The molecule has 0 atom stereocenters. The number of carbonyl (C=O) groups is 1. The molecule has 0 fully saturated rings. The van der Waals surface area contributed by atoms with Crippen LogP contribution >= 0.6 is 11.6 Å². The molecule has 2 rings (SSSR count). The summed E-state index contributed by atoms with van der Waals surface area (Å²) in [6, 6.07) is 16.1. The number of hydrogen-bond donors (Lipinski definition) is 1. The number of hydrogen-bond acceptors (Lipinski definition) is 3. The molecule has 0 bridgehead atoms. The molecule has 0 heterocycles. The van der Waals surface area contributed by atoms with Gasteiger partial charge in [-0.05, 0) is 36.2 Å². The third-order valence-electron chi connectivity index (χ3n) is 3.71. The number of carbonyl (C=O) groups excluding carboxylic acids is 1. The summed E-state index contributed by atoms with van der Waals surface area (Å²) < 4.78 is 25.3. The normalized spacial score (nSPS) is 11.5. The zero-order chi connectivity index (χ0) is 18.3. The van der Waals surface area contributed by atoms with Gasteiger partial charge in [-0.25, -0.2) is 12.7 Å². The van der Waals surface area contributed by atoms with Crippen LogP contribution in [0.4, 0.5) is 0 Å². The van der Waals surface area contributed by atoms with Crippen molar-refractivity contribution in [2.24, 2.45) is 0 Å². The van der Waals surface area contributed by atoms with E-state index in [-0.39, 0.29) is 19.0 Å². The van der Waals surface area contributed by atoms with Gasteiger partial charge in [0, 0.05) is 30.2 Å². The lowest BCUT2D eigenvalue weighted by Gasteiger charge is -2.20. The molecular weight excluding hydrogens is 360 g/mol. The lowest BCUT2D eigenvalue weighted by atomic mass is 10.1. The van der Waals surface area contributed by atoms with E-state index < -0.39 is 10.0 Å². The maximum atomic E-state index is 12.0. The number of benzene rings is 2. The Hall–Kier alpha value is -1.89. The highest BCUT2D eigenvalue weighted by atomic mass is 35.5. The fraction of sp³-hybridized carbons (Fsp3) is 0.278. The molecule has 0 aliphatic heterocycles. The predicted octanol–water partition coefficient (Wildman–Crippen LogP) is 2.57. The smallest absolute Gasteiger partial charge is 0.251 e. The molecule has 1 amide bonds. The number of halogens is 1. The van der Waals surface area contributed by atoms with Crippen molar-refractivity contribution in [3.05, 3.63) is 70.7 Å². The molecule has 134 valence electrons. The summed E-state index contributed by atoms with van der Waals surface area (Å²) in [6.07, 6.45) is 1.75. The Balaban J connectivity index is 1.88. The number of amides is 1. The first-order valence-electron chi connectivity index (χ1n) is 7.89. The second kappa shape index (κ2) is 8.99. The summed E-state index contributed by atoms with van der Waals surface area (Å²) in [5, 5.41) is 3.39. The van der Waals surface area contributed by atoms with Crippen LogP contribution in [0.15, 0.2) is 54.6 Å². The van der Waals surface area contributed by atoms with Crippen LogP contribution in [-0.2, 0) is 16.4 Å². The van der Waals surface area contributed by atoms with Gasteiger partial charge in [-0.2, -0.15) is 0 Å². The highest BCUT2D eigenvalue weighted by molar-refractivity contribution is 7.88. The first-order valence-corrected chi connectivity index (χ1v) is 10.1. The van der Waals surface area contributed by atoms with Crippen molar-refractivity contribution in [3.63, 3.8) is 0 Å². The number of nitrogens with one attached hydrogen (secondary N) is 1. The maximum absolute atomic E-state index is 12.0. The molecule has 0 saturated heterocycles. The van der Waals surface area contributed by atoms with Crippen LogP contribution < -0.4 is 5.32 Å². The zero-order valence-electron chi connectivity index (χ0n) is 14.0. The standard InChI is InChI=1S/C18H21ClN2O3S/c1-25(23,24)21(13-11-15-7-9-17(19)10-8-15)14-12-20-18(22)16-5-3-2-4-6-16/h2-10H,11-14H2,1H3,(H,20,22). The van der Waals surface area contributed by atoms with Gasteiger partial charge in [0.25, 0.3) is 5.91 Å². The number of nitrogens with zero attached hydrogens (tertiary/aromatic N) is 1. The Morgan fingerprint density at radius 1 is 1.04 bits per heavy atom. The van der Waals surface area contributed by atoms with E-state index in [1.807, 2.05) is 18.2 Å². The molecule has 7 heteroatoms. The largest absolute Gasteiger partial charge is 0.351 e. The van der Waals surface area contributed by atoms with Crippen LogP contribution in [0.3, 0.4) is 0 Å². The second-order valence-electron chi connectivity index (χ2n) is 5.66. The SMILES string of the molecule is CS(=O)(=O)N(CCNC(=O)c1ccccc1)CCc1ccc(Cl)cc1. The number of rotatable bonds is 8. The summed E-state index contributed by atoms with van der Waals surface area (Å²) in [7, 11) is -3.35. The van der Waals surface area contributed by atoms with Gasteiger partial charge in [-0.3, -0.25) is 4.79 Å². The molecule has 0 radical (unpaired) electrons. The van der Waals surface area contributed by atoms with Crippen LogP contribution in [0.5, 0.6) is 0 Å². The Morgan fingerprint density at radius 3 is 2.28 bits per heavy atom. The molecule has 0 aromatic heterocycles. The average Bonchev–Trinajstić information content (AvgIpc) is 2.59. The Labute approximate surface area is 153 Å². The molecule has 0 spiro atoms. The van der Waals surface area contributed by atoms with Crippen molar-refractivity contribution in [1.29, 1.82) is 0 Å². The lowest BCUT2D eigenvalue weighted by molar-refractivity contribution is 0.0951. The first kappa shape index (κ1) is 19.4. The quantitative estimate of drug-likeness (QED) is 0.765. The maximum Gasteiger partial charge on any atom is 0.251 e. The van der Waals surface area contributed by atoms with Crippen molar-refractivity contribution in [2.45, 2.75) is 6.42 Å². The highest BCUT2D eigenvalue weighted by Gasteiger charge is 2.16. The average molecular weight is 381 g/mol. The van der Waals surface area contributed by atoms with E-state index in [0.29, 0.717) is 23.6 Å². The van der Waals surface area contributed by atoms with E-state index in [9.17, 15) is 13.2 Å². The van der Waals surface area contributed by atoms with Crippen molar-refractivity contribution >= 4 is 27.5 Å². The second-order valence-corrected chi connectivity index (χ2v) is 8.08. The minimum atomic E-state index is -3.35. The van der Waals surface area contributed by atoms with Gasteiger partial charge in [-0.15, -0.1) is 0 Å². The highest BCUT2D eigenvalue weighted by Crippen LogP contribution is 2.11. The summed E-state index contributed by atoms with van der Waals surface area (Å²) >= 11 is 5.85. The van der Waals surface area contributed by atoms with Crippen LogP contribution in [-0.4, -0.2) is 44.5 Å². The van der Waals surface area contributed by atoms with Gasteiger partial charge < -0.3 is 5.32 Å². The van der Waals surface area contributed by atoms with Gasteiger partial charge in [0.05, 0.1) is 6.26 Å². The monoisotopic (exact) mass is 380 g/mol. The Bertz CT molecular complexity index is 793. The third kappa shape index (κ3) is 6.49. The molecule has 0 aliphatic rings. The molecule has 0 unspecified atom stereocenters. The van der Waals surface area contributed by atoms with Crippen LogP contribution in [0, 0.1) is 0 Å². The molecule has 2 aromatic rings. The van der Waals surface area contributed by atoms with Crippen LogP contribution in [0.25, 0.3) is 0 Å². The zero-order valence-corrected chi connectivity index (χ0v) is 15.6. The van der Waals surface area contributed by atoms with Crippen molar-refractivity contribution in [3.8, 4) is 0 Å². The molecule has 1 N–H and O–H groups in total. The Kier molecular flexibility index (Phi) is 6.99. The van der Waals surface area contributed by atoms with Gasteiger partial charge >= 0.3 is 0 Å². The summed E-state index contributed by atoms with van der Waals surface area (Å²) in [5.74, 6) is -0.216. The van der Waals surface area contributed by atoms with Gasteiger partial charge in [0.1, 0.15) is 0 Å². The van der Waals surface area contributed by atoms with E-state index in [1.54, 1.807) is 36.4 Å². The van der Waals surface area contributed by atoms with Crippen LogP contribution in [0.2, 0.25) is 5.02 Å². The summed E-state index contributed by atoms with van der Waals surface area (Å²) in [6.45, 7) is 0.827. The molecule has 0 aliphatic carbocycles. The molecule has 2 aromatic carbocycles. The molecule has 0 saturated carbocycles. The molecular formula is C18H21ClN2O3S. The topological polar surface area (TPSA) is 66.5 Å². The lowest BCUT2D eigenvalue weighted by Crippen LogP contribution is -2.39. The van der Waals surface area contributed by atoms with E-state index in [1.165, 1.54) is 10.6 Å². The number of sulfonamides is 1. The first-order chi connectivity index (χ1) is 11.9. The summed E-state index contributed by atoms with van der Waals surface area (Å²) in [4.78, 5) is 12.0. The third-order valence-corrected chi connectivity index (χ3v) is 5.27. The van der Waals surface area contributed by atoms with E-state index in [0.717, 1.165) is 5.56 Å². The minimum Gasteiger partial charge on any atom is -0.351 e. The Morgan fingerprint density at radius 2 is 1.68 bits per heavy atom. The fourth-order valence-electron chi connectivity index (χ4n) is 2.33. The van der Waals surface area contributed by atoms with Gasteiger partial charge in [0.15, 0.2) is 0 Å². The summed E-state index contributed by atoms with van der Waals surface area (Å²) in [5.41, 5.74) is 1.56. The van der Waals surface area contributed by atoms with Gasteiger partial charge in [0.2, 0.25) is 10.0 Å². The van der Waals surface area contributed by atoms with Crippen LogP contribution in [0.1, 0.15) is 15.9 Å². The van der Waals surface area contributed by atoms with Crippen molar-refractivity contribution in [1.82, 2.24) is 9.62 Å². The van der Waals surface area contributed by atoms with E-state index in [2.05, 4.69) is 5.32 Å². The van der Waals surface area contributed by atoms with Gasteiger partial charge in [-0.1, -0.05) is 41.9 Å². The predicted molar refractivity (Wildman–Crippen MR) is 100 cm³/mol. The van der Waals surface area contributed by atoms with Crippen molar-refractivity contribution < 1.29 is 13.2 Å². The van der Waals surface area contributed by atoms with E-state index >= 15 is 0 Å². The van der Waals surface area contributed by atoms with E-state index in [4.69, 9.17) is 11.6 Å². The molecule has 25 heavy (non-hydrogen) atoms. The molecule has 5 nitrogen and oxygen atoms in total. The van der Waals surface area contributed by atoms with Crippen molar-refractivity contribution in [2.75, 3.05) is 25.9 Å². The minimum absolute atomic E-state index is 0.216.